The van der Waals surface area contributed by atoms with Crippen LogP contribution in [0.15, 0.2) is 9.98 Å². The fourth-order valence-corrected chi connectivity index (χ4v) is 1.32. The van der Waals surface area contributed by atoms with Crippen molar-refractivity contribution in [1.29, 1.82) is 0 Å². The van der Waals surface area contributed by atoms with Crippen molar-refractivity contribution in [2.45, 2.75) is 79.6 Å². The van der Waals surface area contributed by atoms with Crippen molar-refractivity contribution >= 4 is 12.3 Å². The zero-order chi connectivity index (χ0) is 14.3. The summed E-state index contributed by atoms with van der Waals surface area (Å²) in [6, 6.07) is 1.25. The monoisotopic (exact) mass is 254 g/mol. The zero-order valence-electron chi connectivity index (χ0n) is 13.2. The predicted molar refractivity (Wildman–Crippen MR) is 81.4 cm³/mol. The van der Waals surface area contributed by atoms with Gasteiger partial charge in [0.15, 0.2) is 5.96 Å². The molecule has 1 N–H and O–H groups in total. The molecule has 0 rings (SSSR count). The molecule has 0 spiro atoms. The Morgan fingerprint density at radius 2 is 1.50 bits per heavy atom. The highest BCUT2D eigenvalue weighted by molar-refractivity contribution is 5.91. The molecule has 0 aliphatic heterocycles. The summed E-state index contributed by atoms with van der Waals surface area (Å²) in [6.07, 6.45) is 1.89. The third-order valence-corrected chi connectivity index (χ3v) is 2.09. The molecule has 4 nitrogen and oxygen atoms in total. The van der Waals surface area contributed by atoms with Gasteiger partial charge in [-0.2, -0.15) is 0 Å². The lowest BCUT2D eigenvalue weighted by molar-refractivity contribution is 0.476. The van der Waals surface area contributed by atoms with Gasteiger partial charge in [0.1, 0.15) is 0 Å². The van der Waals surface area contributed by atoms with E-state index in [4.69, 9.17) is 0 Å². The molecule has 0 aliphatic carbocycles. The highest BCUT2D eigenvalue weighted by Crippen LogP contribution is 2.01. The standard InChI is InChI=1S/C14H30N4/c1-10(2)15-9-18(13(7)8)14(16-11(3)4)17-12(5)6/h9-13H,1-8H3,(H,16,17). The van der Waals surface area contributed by atoms with Gasteiger partial charge in [-0.05, 0) is 55.4 Å². The Morgan fingerprint density at radius 1 is 0.944 bits per heavy atom. The number of hydrogen-bond acceptors (Lipinski definition) is 2. The van der Waals surface area contributed by atoms with Crippen molar-refractivity contribution < 1.29 is 0 Å². The molecule has 0 aliphatic rings. The van der Waals surface area contributed by atoms with Crippen LogP contribution < -0.4 is 5.32 Å². The molecular formula is C14H30N4. The number of hydrogen-bond donors (Lipinski definition) is 1. The summed E-state index contributed by atoms with van der Waals surface area (Å²) in [5.74, 6) is 0.902. The Labute approximate surface area is 113 Å². The Bertz CT molecular complexity index is 278. The van der Waals surface area contributed by atoms with Crippen LogP contribution in [0.5, 0.6) is 0 Å². The molecule has 0 heterocycles. The van der Waals surface area contributed by atoms with Gasteiger partial charge < -0.3 is 10.2 Å². The van der Waals surface area contributed by atoms with Crippen LogP contribution in [0.4, 0.5) is 0 Å². The maximum Gasteiger partial charge on any atom is 0.199 e. The minimum Gasteiger partial charge on any atom is -0.354 e. The van der Waals surface area contributed by atoms with E-state index in [0.29, 0.717) is 18.1 Å². The number of nitrogens with zero attached hydrogens (tertiary/aromatic N) is 3. The van der Waals surface area contributed by atoms with Crippen molar-refractivity contribution in [2.24, 2.45) is 9.98 Å². The maximum absolute atomic E-state index is 4.66. The van der Waals surface area contributed by atoms with Gasteiger partial charge in [0.2, 0.25) is 0 Å². The number of aliphatic imine (C=N–C) groups is 2. The Kier molecular flexibility index (Phi) is 7.64. The summed E-state index contributed by atoms with van der Waals surface area (Å²) in [7, 11) is 0. The average Bonchev–Trinajstić information content (AvgIpc) is 2.14. The van der Waals surface area contributed by atoms with E-state index >= 15 is 0 Å². The molecule has 18 heavy (non-hydrogen) atoms. The first-order valence-electron chi connectivity index (χ1n) is 6.90. The van der Waals surface area contributed by atoms with Crippen LogP contribution in [-0.4, -0.2) is 41.4 Å². The molecule has 0 radical (unpaired) electrons. The molecule has 0 aromatic rings. The maximum atomic E-state index is 4.66. The average molecular weight is 254 g/mol. The molecule has 0 aromatic carbocycles. The highest BCUT2D eigenvalue weighted by atomic mass is 15.3. The predicted octanol–water partition coefficient (Wildman–Crippen LogP) is 2.90. The first-order valence-corrected chi connectivity index (χ1v) is 6.90. The molecule has 4 heteroatoms. The summed E-state index contributed by atoms with van der Waals surface area (Å²) in [6.45, 7) is 16.8. The fourth-order valence-electron chi connectivity index (χ4n) is 1.32. The number of rotatable bonds is 5. The first kappa shape index (κ1) is 16.9. The second-order valence-corrected chi connectivity index (χ2v) is 5.70. The van der Waals surface area contributed by atoms with Crippen LogP contribution in [0.3, 0.4) is 0 Å². The van der Waals surface area contributed by atoms with Crippen molar-refractivity contribution in [3.05, 3.63) is 0 Å². The molecule has 0 aromatic heterocycles. The van der Waals surface area contributed by atoms with Gasteiger partial charge in [-0.3, -0.25) is 9.98 Å². The third kappa shape index (κ3) is 7.30. The summed E-state index contributed by atoms with van der Waals surface area (Å²) in [5.41, 5.74) is 0. The summed E-state index contributed by atoms with van der Waals surface area (Å²) in [4.78, 5) is 11.2. The van der Waals surface area contributed by atoms with E-state index in [1.807, 2.05) is 6.34 Å². The van der Waals surface area contributed by atoms with E-state index in [0.717, 1.165) is 5.96 Å². The van der Waals surface area contributed by atoms with E-state index < -0.39 is 0 Å². The third-order valence-electron chi connectivity index (χ3n) is 2.09. The van der Waals surface area contributed by atoms with Crippen molar-refractivity contribution in [1.82, 2.24) is 10.2 Å². The lowest BCUT2D eigenvalue weighted by Gasteiger charge is -2.28. The van der Waals surface area contributed by atoms with Gasteiger partial charge >= 0.3 is 0 Å². The van der Waals surface area contributed by atoms with Crippen molar-refractivity contribution in [3.63, 3.8) is 0 Å². The van der Waals surface area contributed by atoms with Gasteiger partial charge in [0.25, 0.3) is 0 Å². The minimum absolute atomic E-state index is 0.264. The van der Waals surface area contributed by atoms with E-state index in [-0.39, 0.29) is 6.04 Å². The van der Waals surface area contributed by atoms with Crippen LogP contribution >= 0.6 is 0 Å². The van der Waals surface area contributed by atoms with Gasteiger partial charge in [0.05, 0.1) is 6.34 Å². The van der Waals surface area contributed by atoms with E-state index in [1.54, 1.807) is 0 Å². The molecular weight excluding hydrogens is 224 g/mol. The lowest BCUT2D eigenvalue weighted by atomic mass is 10.3. The van der Waals surface area contributed by atoms with Crippen LogP contribution in [0.2, 0.25) is 0 Å². The molecule has 0 fully saturated rings. The fraction of sp³-hybridized carbons (Fsp3) is 0.857. The SMILES string of the molecule is CC(C)N=CN(C(=NC(C)C)NC(C)C)C(C)C. The van der Waals surface area contributed by atoms with Gasteiger partial charge in [0, 0.05) is 24.2 Å². The van der Waals surface area contributed by atoms with Crippen molar-refractivity contribution in [2.75, 3.05) is 0 Å². The largest absolute Gasteiger partial charge is 0.354 e. The minimum atomic E-state index is 0.264. The Hall–Kier alpha value is -1.06. The topological polar surface area (TPSA) is 40.0 Å². The summed E-state index contributed by atoms with van der Waals surface area (Å²) < 4.78 is 0. The van der Waals surface area contributed by atoms with Gasteiger partial charge in [-0.1, -0.05) is 0 Å². The lowest BCUT2D eigenvalue weighted by Crippen LogP contribution is -2.47. The quantitative estimate of drug-likeness (QED) is 0.605. The molecule has 106 valence electrons. The van der Waals surface area contributed by atoms with Gasteiger partial charge in [-0.25, -0.2) is 0 Å². The molecule has 0 amide bonds. The molecule has 0 unspecified atom stereocenters. The van der Waals surface area contributed by atoms with Crippen LogP contribution in [0, 0.1) is 0 Å². The highest BCUT2D eigenvalue weighted by Gasteiger charge is 2.14. The molecule has 0 bridgehead atoms. The molecule has 0 saturated heterocycles. The zero-order valence-corrected chi connectivity index (χ0v) is 13.2. The second kappa shape index (κ2) is 8.11. The van der Waals surface area contributed by atoms with E-state index in [1.165, 1.54) is 0 Å². The smallest absolute Gasteiger partial charge is 0.199 e. The molecule has 0 saturated carbocycles. The Balaban J connectivity index is 5.10. The van der Waals surface area contributed by atoms with Crippen LogP contribution in [0.25, 0.3) is 0 Å². The van der Waals surface area contributed by atoms with Gasteiger partial charge in [-0.15, -0.1) is 0 Å². The summed E-state index contributed by atoms with van der Waals surface area (Å²) >= 11 is 0. The normalized spacial score (nSPS) is 13.4. The van der Waals surface area contributed by atoms with Crippen LogP contribution in [0.1, 0.15) is 55.4 Å². The number of guanidine groups is 1. The summed E-state index contributed by atoms with van der Waals surface area (Å²) in [5, 5.41) is 3.40. The van der Waals surface area contributed by atoms with Crippen molar-refractivity contribution in [3.8, 4) is 0 Å². The van der Waals surface area contributed by atoms with E-state index in [9.17, 15) is 0 Å². The second-order valence-electron chi connectivity index (χ2n) is 5.70. The van der Waals surface area contributed by atoms with Crippen LogP contribution in [-0.2, 0) is 0 Å². The first-order chi connectivity index (χ1) is 8.23. The van der Waals surface area contributed by atoms with E-state index in [2.05, 4.69) is 75.6 Å². The Morgan fingerprint density at radius 3 is 1.83 bits per heavy atom. The number of nitrogens with one attached hydrogen (secondary N) is 1. The molecule has 0 atom stereocenters.